The molecule has 0 aliphatic carbocycles. The molecule has 1 unspecified atom stereocenters. The number of fused-ring (bicyclic) bond motifs is 1. The van der Waals surface area contributed by atoms with Crippen molar-refractivity contribution in [3.8, 4) is 5.75 Å². The Morgan fingerprint density at radius 1 is 1.24 bits per heavy atom. The molecule has 0 N–H and O–H groups in total. The molecule has 25 heavy (non-hydrogen) atoms. The van der Waals surface area contributed by atoms with Crippen LogP contribution in [-0.2, 0) is 4.79 Å². The Morgan fingerprint density at radius 2 is 2.00 bits per heavy atom. The van der Waals surface area contributed by atoms with E-state index in [2.05, 4.69) is 9.88 Å². The van der Waals surface area contributed by atoms with E-state index >= 15 is 0 Å². The Hall–Kier alpha value is -2.73. The zero-order valence-electron chi connectivity index (χ0n) is 14.4. The molecule has 0 bridgehead atoms. The normalized spacial score (nSPS) is 16.5. The lowest BCUT2D eigenvalue weighted by Gasteiger charge is -2.33. The first-order valence-electron chi connectivity index (χ1n) is 8.24. The number of hydrogen-bond acceptors (Lipinski definition) is 5. The number of pyridine rings is 1. The molecular weight excluding hydrogens is 318 g/mol. The molecule has 2 aromatic rings. The van der Waals surface area contributed by atoms with E-state index in [-0.39, 0.29) is 11.7 Å². The summed E-state index contributed by atoms with van der Waals surface area (Å²) < 4.78 is 5.73. The van der Waals surface area contributed by atoms with E-state index < -0.39 is 6.10 Å². The molecule has 6 nitrogen and oxygen atoms in total. The average Bonchev–Trinajstić information content (AvgIpc) is 2.63. The van der Waals surface area contributed by atoms with Crippen molar-refractivity contribution in [3.05, 3.63) is 54.4 Å². The lowest BCUT2D eigenvalue weighted by molar-refractivity contribution is -0.124. The maximum atomic E-state index is 12.9. The second-order valence-electron chi connectivity index (χ2n) is 6.22. The molecule has 1 atom stereocenters. The number of nitrogens with zero attached hydrogens (tertiary/aromatic N) is 3. The van der Waals surface area contributed by atoms with Crippen LogP contribution in [0.4, 0.5) is 5.69 Å². The van der Waals surface area contributed by atoms with Crippen molar-refractivity contribution in [1.82, 2.24) is 9.88 Å². The predicted molar refractivity (Wildman–Crippen MR) is 94.9 cm³/mol. The largest absolute Gasteiger partial charge is 0.470 e. The summed E-state index contributed by atoms with van der Waals surface area (Å²) in [7, 11) is 3.97. The van der Waals surface area contributed by atoms with Gasteiger partial charge in [0, 0.05) is 24.4 Å². The standard InChI is InChI=1S/C19H21N3O3/c1-21(2)11-6-12-22-15-13-20-10-9-16(15)25-18(19(22)24)17(23)14-7-4-3-5-8-14/h3-5,7-10,13,18H,6,11-12H2,1-2H3. The number of amides is 1. The maximum absolute atomic E-state index is 12.9. The second-order valence-corrected chi connectivity index (χ2v) is 6.22. The van der Waals surface area contributed by atoms with Gasteiger partial charge in [0.1, 0.15) is 11.4 Å². The average molecular weight is 339 g/mol. The van der Waals surface area contributed by atoms with E-state index in [4.69, 9.17) is 4.74 Å². The summed E-state index contributed by atoms with van der Waals surface area (Å²) in [6.07, 6.45) is 2.83. The van der Waals surface area contributed by atoms with E-state index in [1.807, 2.05) is 20.2 Å². The number of hydrogen-bond donors (Lipinski definition) is 0. The molecule has 1 aromatic heterocycles. The van der Waals surface area contributed by atoms with E-state index in [1.165, 1.54) is 0 Å². The maximum Gasteiger partial charge on any atom is 0.276 e. The van der Waals surface area contributed by atoms with Crippen LogP contribution in [0.5, 0.6) is 5.75 Å². The number of aromatic nitrogens is 1. The van der Waals surface area contributed by atoms with Gasteiger partial charge < -0.3 is 14.5 Å². The third kappa shape index (κ3) is 3.69. The summed E-state index contributed by atoms with van der Waals surface area (Å²) in [5.41, 5.74) is 1.08. The highest BCUT2D eigenvalue weighted by Crippen LogP contribution is 2.33. The number of benzene rings is 1. The van der Waals surface area contributed by atoms with Crippen molar-refractivity contribution in [2.75, 3.05) is 32.1 Å². The molecule has 130 valence electrons. The van der Waals surface area contributed by atoms with Crippen LogP contribution in [0.1, 0.15) is 16.8 Å². The number of carbonyl (C=O) groups is 2. The molecule has 6 heteroatoms. The van der Waals surface area contributed by atoms with Crippen LogP contribution in [-0.4, -0.2) is 54.9 Å². The Labute approximate surface area is 147 Å². The first kappa shape index (κ1) is 17.1. The molecule has 0 saturated heterocycles. The first-order chi connectivity index (χ1) is 12.1. The number of ketones is 1. The van der Waals surface area contributed by atoms with E-state index in [1.54, 1.807) is 47.6 Å². The molecule has 1 aromatic carbocycles. The van der Waals surface area contributed by atoms with Gasteiger partial charge in [-0.05, 0) is 27.1 Å². The second kappa shape index (κ2) is 7.44. The summed E-state index contributed by atoms with van der Waals surface area (Å²) in [6, 6.07) is 10.4. The lowest BCUT2D eigenvalue weighted by atomic mass is 10.0. The summed E-state index contributed by atoms with van der Waals surface area (Å²) in [4.78, 5) is 33.4. The van der Waals surface area contributed by atoms with Crippen LogP contribution in [0, 0.1) is 0 Å². The fraction of sp³-hybridized carbons (Fsp3) is 0.316. The van der Waals surface area contributed by atoms with Crippen LogP contribution in [0.2, 0.25) is 0 Å². The Bertz CT molecular complexity index is 762. The summed E-state index contributed by atoms with van der Waals surface area (Å²) in [5.74, 6) is -0.160. The Kier molecular flexibility index (Phi) is 5.09. The van der Waals surface area contributed by atoms with Gasteiger partial charge in [-0.1, -0.05) is 30.3 Å². The highest BCUT2D eigenvalue weighted by atomic mass is 16.5. The summed E-state index contributed by atoms with van der Waals surface area (Å²) in [5, 5.41) is 0. The number of anilines is 1. The molecule has 0 fully saturated rings. The first-order valence-corrected chi connectivity index (χ1v) is 8.24. The van der Waals surface area contributed by atoms with Crippen molar-refractivity contribution in [1.29, 1.82) is 0 Å². The highest BCUT2D eigenvalue weighted by molar-refractivity contribution is 6.18. The van der Waals surface area contributed by atoms with Crippen molar-refractivity contribution in [2.24, 2.45) is 0 Å². The number of ether oxygens (including phenoxy) is 1. The zero-order valence-corrected chi connectivity index (χ0v) is 14.4. The summed E-state index contributed by atoms with van der Waals surface area (Å²) >= 11 is 0. The van der Waals surface area contributed by atoms with Gasteiger partial charge in [0.2, 0.25) is 11.9 Å². The minimum Gasteiger partial charge on any atom is -0.470 e. The van der Waals surface area contributed by atoms with Gasteiger partial charge >= 0.3 is 0 Å². The molecule has 2 heterocycles. The molecule has 0 radical (unpaired) electrons. The highest BCUT2D eigenvalue weighted by Gasteiger charge is 2.39. The predicted octanol–water partition coefficient (Wildman–Crippen LogP) is 2.01. The molecule has 0 spiro atoms. The Morgan fingerprint density at radius 3 is 2.72 bits per heavy atom. The molecular formula is C19H21N3O3. The fourth-order valence-electron chi connectivity index (χ4n) is 2.81. The van der Waals surface area contributed by atoms with Gasteiger partial charge in [0.25, 0.3) is 5.91 Å². The van der Waals surface area contributed by atoms with Crippen LogP contribution in [0.15, 0.2) is 48.8 Å². The van der Waals surface area contributed by atoms with Gasteiger partial charge in [0.05, 0.1) is 6.20 Å². The van der Waals surface area contributed by atoms with E-state index in [9.17, 15) is 9.59 Å². The fourth-order valence-corrected chi connectivity index (χ4v) is 2.81. The number of carbonyl (C=O) groups excluding carboxylic acids is 2. The Balaban J connectivity index is 1.87. The molecule has 0 saturated carbocycles. The summed E-state index contributed by atoms with van der Waals surface area (Å²) in [6.45, 7) is 1.36. The van der Waals surface area contributed by atoms with Gasteiger partial charge in [-0.15, -0.1) is 0 Å². The van der Waals surface area contributed by atoms with Crippen molar-refractivity contribution < 1.29 is 14.3 Å². The van der Waals surface area contributed by atoms with Gasteiger partial charge in [-0.3, -0.25) is 14.6 Å². The van der Waals surface area contributed by atoms with Crippen molar-refractivity contribution >= 4 is 17.4 Å². The minimum atomic E-state index is -1.16. The van der Waals surface area contributed by atoms with Gasteiger partial charge in [-0.2, -0.15) is 0 Å². The van der Waals surface area contributed by atoms with Crippen LogP contribution < -0.4 is 9.64 Å². The third-order valence-electron chi connectivity index (χ3n) is 4.07. The smallest absolute Gasteiger partial charge is 0.276 e. The third-order valence-corrected chi connectivity index (χ3v) is 4.07. The molecule has 3 rings (SSSR count). The quantitative estimate of drug-likeness (QED) is 0.595. The van der Waals surface area contributed by atoms with Crippen LogP contribution in [0.3, 0.4) is 0 Å². The number of rotatable bonds is 6. The van der Waals surface area contributed by atoms with Gasteiger partial charge in [0.15, 0.2) is 0 Å². The SMILES string of the molecule is CN(C)CCCN1C(=O)C(C(=O)c2ccccc2)Oc2ccncc21. The number of Topliss-reactive ketones (excluding diaryl/α,β-unsaturated/α-hetero) is 1. The minimum absolute atomic E-state index is 0.328. The molecule has 1 amide bonds. The molecule has 1 aliphatic rings. The molecule has 1 aliphatic heterocycles. The monoisotopic (exact) mass is 339 g/mol. The van der Waals surface area contributed by atoms with Crippen molar-refractivity contribution in [2.45, 2.75) is 12.5 Å². The topological polar surface area (TPSA) is 62.7 Å². The van der Waals surface area contributed by atoms with Crippen LogP contribution >= 0.6 is 0 Å². The lowest BCUT2D eigenvalue weighted by Crippen LogP contribution is -2.50. The van der Waals surface area contributed by atoms with Crippen molar-refractivity contribution in [3.63, 3.8) is 0 Å². The van der Waals surface area contributed by atoms with E-state index in [0.717, 1.165) is 13.0 Å². The van der Waals surface area contributed by atoms with E-state index in [0.29, 0.717) is 23.5 Å². The van der Waals surface area contributed by atoms with Crippen LogP contribution in [0.25, 0.3) is 0 Å². The zero-order chi connectivity index (χ0) is 17.8. The van der Waals surface area contributed by atoms with Gasteiger partial charge in [-0.25, -0.2) is 0 Å².